The quantitative estimate of drug-likeness (QED) is 0.585. The molecule has 1 saturated heterocycles. The number of benzene rings is 1. The highest BCUT2D eigenvalue weighted by Gasteiger charge is 2.36. The fourth-order valence-electron chi connectivity index (χ4n) is 5.53. The first-order chi connectivity index (χ1) is 16.7. The molecule has 6 rings (SSSR count). The van der Waals surface area contributed by atoms with Crippen LogP contribution in [0.3, 0.4) is 0 Å². The molecule has 1 saturated carbocycles. The van der Waals surface area contributed by atoms with E-state index in [1.54, 1.807) is 18.2 Å². The SMILES string of the molecule is N#Cc1ccc2c(c1)C(c1nc(NCCN3CCCC3)nc3nn(C4CCCC4)cc13)C(=O)N2. The van der Waals surface area contributed by atoms with Crippen molar-refractivity contribution in [3.05, 3.63) is 41.2 Å². The molecule has 2 N–H and O–H groups in total. The molecule has 1 amide bonds. The number of anilines is 2. The van der Waals surface area contributed by atoms with Gasteiger partial charge in [0.1, 0.15) is 5.92 Å². The minimum atomic E-state index is -0.603. The zero-order chi connectivity index (χ0) is 23.1. The standard InChI is InChI=1S/C25H28N8O/c26-14-16-7-8-20-18(13-16)21(24(34)28-20)22-19-15-33(17-5-1-2-6-17)31-23(19)30-25(29-22)27-9-12-32-10-3-4-11-32/h7-8,13,15,17,21H,1-6,9-12H2,(H,28,34)(H,27,30,31). The zero-order valence-corrected chi connectivity index (χ0v) is 19.1. The summed E-state index contributed by atoms with van der Waals surface area (Å²) in [6.07, 6.45) is 9.15. The summed E-state index contributed by atoms with van der Waals surface area (Å²) in [7, 11) is 0. The third-order valence-corrected chi connectivity index (χ3v) is 7.32. The molecule has 1 atom stereocenters. The largest absolute Gasteiger partial charge is 0.353 e. The van der Waals surface area contributed by atoms with E-state index in [2.05, 4.69) is 21.6 Å². The van der Waals surface area contributed by atoms with E-state index < -0.39 is 5.92 Å². The topological polar surface area (TPSA) is 112 Å². The van der Waals surface area contributed by atoms with Crippen LogP contribution in [0, 0.1) is 11.3 Å². The first-order valence-electron chi connectivity index (χ1n) is 12.3. The highest BCUT2D eigenvalue weighted by atomic mass is 16.2. The first kappa shape index (κ1) is 21.1. The summed E-state index contributed by atoms with van der Waals surface area (Å²) in [5, 5.41) is 21.4. The number of hydrogen-bond donors (Lipinski definition) is 2. The van der Waals surface area contributed by atoms with Gasteiger partial charge in [-0.2, -0.15) is 15.3 Å². The molecule has 2 aromatic heterocycles. The molecule has 1 unspecified atom stereocenters. The predicted octanol–water partition coefficient (Wildman–Crippen LogP) is 3.40. The molecule has 9 heteroatoms. The van der Waals surface area contributed by atoms with Gasteiger partial charge in [-0.25, -0.2) is 4.98 Å². The van der Waals surface area contributed by atoms with Gasteiger partial charge in [0, 0.05) is 25.0 Å². The summed E-state index contributed by atoms with van der Waals surface area (Å²) in [5.74, 6) is -0.244. The minimum absolute atomic E-state index is 0.137. The molecule has 3 aromatic rings. The van der Waals surface area contributed by atoms with E-state index in [0.717, 1.165) is 55.7 Å². The number of likely N-dealkylation sites (tertiary alicyclic amines) is 1. The summed E-state index contributed by atoms with van der Waals surface area (Å²) in [6.45, 7) is 3.95. The number of nitriles is 1. The van der Waals surface area contributed by atoms with E-state index in [0.29, 0.717) is 28.9 Å². The predicted molar refractivity (Wildman–Crippen MR) is 129 cm³/mol. The second-order valence-corrected chi connectivity index (χ2v) is 9.53. The fraction of sp³-hybridized carbons (Fsp3) is 0.480. The summed E-state index contributed by atoms with van der Waals surface area (Å²) in [4.78, 5) is 25.1. The Labute approximate surface area is 198 Å². The number of hydrogen-bond acceptors (Lipinski definition) is 7. The van der Waals surface area contributed by atoms with Crippen molar-refractivity contribution in [2.45, 2.75) is 50.5 Å². The summed E-state index contributed by atoms with van der Waals surface area (Å²) in [6, 6.07) is 7.85. The molecule has 34 heavy (non-hydrogen) atoms. The minimum Gasteiger partial charge on any atom is -0.353 e. The molecule has 2 aliphatic heterocycles. The number of carbonyl (C=O) groups excluding carboxylic acids is 1. The Hall–Kier alpha value is -3.51. The average Bonchev–Trinajstić information content (AvgIpc) is 3.64. The molecule has 0 spiro atoms. The molecule has 3 aliphatic rings. The number of amides is 1. The van der Waals surface area contributed by atoms with Crippen molar-refractivity contribution >= 4 is 28.6 Å². The van der Waals surface area contributed by atoms with Crippen LogP contribution in [-0.4, -0.2) is 56.7 Å². The van der Waals surface area contributed by atoms with Crippen molar-refractivity contribution in [3.8, 4) is 6.07 Å². The van der Waals surface area contributed by atoms with Crippen LogP contribution < -0.4 is 10.6 Å². The third kappa shape index (κ3) is 3.78. The summed E-state index contributed by atoms with van der Waals surface area (Å²) in [5.41, 5.74) is 3.28. The van der Waals surface area contributed by atoms with Crippen molar-refractivity contribution in [2.75, 3.05) is 36.8 Å². The van der Waals surface area contributed by atoms with Gasteiger partial charge in [-0.1, -0.05) is 12.8 Å². The molecule has 9 nitrogen and oxygen atoms in total. The number of carbonyl (C=O) groups is 1. The van der Waals surface area contributed by atoms with Crippen LogP contribution >= 0.6 is 0 Å². The number of nitrogens with one attached hydrogen (secondary N) is 2. The number of aromatic nitrogens is 4. The molecule has 0 radical (unpaired) electrons. The molecule has 174 valence electrons. The second kappa shape index (κ2) is 8.69. The average molecular weight is 457 g/mol. The van der Waals surface area contributed by atoms with Gasteiger partial charge in [0.2, 0.25) is 11.9 Å². The van der Waals surface area contributed by atoms with Gasteiger partial charge in [0.05, 0.1) is 28.8 Å². The zero-order valence-electron chi connectivity index (χ0n) is 19.1. The van der Waals surface area contributed by atoms with Crippen molar-refractivity contribution < 1.29 is 4.79 Å². The van der Waals surface area contributed by atoms with E-state index in [1.165, 1.54) is 25.7 Å². The molecule has 1 aromatic carbocycles. The Morgan fingerprint density at radius 1 is 1.15 bits per heavy atom. The van der Waals surface area contributed by atoms with Crippen LogP contribution in [0.4, 0.5) is 11.6 Å². The van der Waals surface area contributed by atoms with Gasteiger partial charge in [-0.05, 0) is 62.5 Å². The molecular formula is C25H28N8O. The van der Waals surface area contributed by atoms with E-state index in [1.807, 2.05) is 10.9 Å². The second-order valence-electron chi connectivity index (χ2n) is 9.53. The maximum atomic E-state index is 13.1. The molecule has 4 heterocycles. The Morgan fingerprint density at radius 2 is 1.97 bits per heavy atom. The van der Waals surface area contributed by atoms with Crippen LogP contribution in [0.1, 0.15) is 67.3 Å². The van der Waals surface area contributed by atoms with Gasteiger partial charge in [-0.3, -0.25) is 9.48 Å². The van der Waals surface area contributed by atoms with Gasteiger partial charge < -0.3 is 15.5 Å². The number of rotatable bonds is 6. The fourth-order valence-corrected chi connectivity index (χ4v) is 5.53. The number of nitrogens with zero attached hydrogens (tertiary/aromatic N) is 6. The Kier molecular flexibility index (Phi) is 5.38. The van der Waals surface area contributed by atoms with E-state index in [-0.39, 0.29) is 5.91 Å². The third-order valence-electron chi connectivity index (χ3n) is 7.32. The lowest BCUT2D eigenvalue weighted by Gasteiger charge is -2.15. The van der Waals surface area contributed by atoms with Crippen LogP contribution in [0.5, 0.6) is 0 Å². The van der Waals surface area contributed by atoms with Gasteiger partial charge in [-0.15, -0.1) is 0 Å². The van der Waals surface area contributed by atoms with E-state index >= 15 is 0 Å². The maximum Gasteiger partial charge on any atom is 0.238 e. The van der Waals surface area contributed by atoms with Gasteiger partial charge >= 0.3 is 0 Å². The van der Waals surface area contributed by atoms with Crippen molar-refractivity contribution in [3.63, 3.8) is 0 Å². The normalized spacial score (nSPS) is 20.6. The molecule has 2 fully saturated rings. The van der Waals surface area contributed by atoms with Gasteiger partial charge in [0.25, 0.3) is 0 Å². The monoisotopic (exact) mass is 456 g/mol. The Balaban J connectivity index is 1.40. The van der Waals surface area contributed by atoms with Crippen LogP contribution in [-0.2, 0) is 4.79 Å². The maximum absolute atomic E-state index is 13.1. The van der Waals surface area contributed by atoms with Crippen LogP contribution in [0.15, 0.2) is 24.4 Å². The Morgan fingerprint density at radius 3 is 2.76 bits per heavy atom. The molecular weight excluding hydrogens is 428 g/mol. The highest BCUT2D eigenvalue weighted by molar-refractivity contribution is 6.06. The van der Waals surface area contributed by atoms with Crippen molar-refractivity contribution in [1.29, 1.82) is 5.26 Å². The summed E-state index contributed by atoms with van der Waals surface area (Å²) >= 11 is 0. The molecule has 0 bridgehead atoms. The molecule has 1 aliphatic carbocycles. The highest BCUT2D eigenvalue weighted by Crippen LogP contribution is 2.40. The lowest BCUT2D eigenvalue weighted by Crippen LogP contribution is -2.26. The van der Waals surface area contributed by atoms with Crippen LogP contribution in [0.25, 0.3) is 11.0 Å². The number of fused-ring (bicyclic) bond motifs is 2. The van der Waals surface area contributed by atoms with Gasteiger partial charge in [0.15, 0.2) is 5.65 Å². The van der Waals surface area contributed by atoms with Crippen molar-refractivity contribution in [2.24, 2.45) is 0 Å². The lowest BCUT2D eigenvalue weighted by atomic mass is 9.94. The smallest absolute Gasteiger partial charge is 0.238 e. The van der Waals surface area contributed by atoms with Crippen molar-refractivity contribution in [1.82, 2.24) is 24.6 Å². The lowest BCUT2D eigenvalue weighted by molar-refractivity contribution is -0.116. The Bertz CT molecular complexity index is 1280. The first-order valence-corrected chi connectivity index (χ1v) is 12.3. The van der Waals surface area contributed by atoms with Crippen LogP contribution in [0.2, 0.25) is 0 Å². The summed E-state index contributed by atoms with van der Waals surface area (Å²) < 4.78 is 2.02. The van der Waals surface area contributed by atoms with E-state index in [9.17, 15) is 10.1 Å². The van der Waals surface area contributed by atoms with E-state index in [4.69, 9.17) is 15.1 Å².